The fraction of sp³-hybridized carbons (Fsp3) is 0.167. The molecule has 1 N–H and O–H groups in total. The van der Waals surface area contributed by atoms with Gasteiger partial charge in [-0.2, -0.15) is 5.26 Å². The Labute approximate surface area is 157 Å². The number of anilines is 2. The summed E-state index contributed by atoms with van der Waals surface area (Å²) in [6.07, 6.45) is 0.970. The number of sulfonamides is 1. The predicted molar refractivity (Wildman–Crippen MR) is 99.8 cm³/mol. The number of nitrogens with zero attached hydrogens (tertiary/aromatic N) is 2. The fourth-order valence-corrected chi connectivity index (χ4v) is 3.15. The molecular formula is C18H17N3O5S. The van der Waals surface area contributed by atoms with Crippen molar-refractivity contribution in [2.45, 2.75) is 0 Å². The van der Waals surface area contributed by atoms with Crippen LogP contribution >= 0.6 is 0 Å². The minimum atomic E-state index is -3.77. The maximum Gasteiger partial charge on any atom is 0.337 e. The Kier molecular flexibility index (Phi) is 6.15. The van der Waals surface area contributed by atoms with Gasteiger partial charge in [0.25, 0.3) is 0 Å². The molecule has 0 spiro atoms. The number of methoxy groups -OCH3 is 1. The molecule has 0 aliphatic heterocycles. The van der Waals surface area contributed by atoms with Crippen LogP contribution in [0.2, 0.25) is 0 Å². The van der Waals surface area contributed by atoms with Gasteiger partial charge in [-0.3, -0.25) is 9.10 Å². The van der Waals surface area contributed by atoms with Crippen molar-refractivity contribution < 1.29 is 22.7 Å². The van der Waals surface area contributed by atoms with Gasteiger partial charge in [0.1, 0.15) is 12.6 Å². The largest absolute Gasteiger partial charge is 0.465 e. The highest BCUT2D eigenvalue weighted by atomic mass is 32.2. The number of amides is 1. The van der Waals surface area contributed by atoms with E-state index in [-0.39, 0.29) is 16.8 Å². The van der Waals surface area contributed by atoms with Crippen LogP contribution in [0.25, 0.3) is 0 Å². The molecule has 0 aliphatic rings. The van der Waals surface area contributed by atoms with Gasteiger partial charge in [0.2, 0.25) is 15.9 Å². The molecule has 1 amide bonds. The van der Waals surface area contributed by atoms with Crippen molar-refractivity contribution in [3.8, 4) is 6.07 Å². The van der Waals surface area contributed by atoms with Gasteiger partial charge in [0.05, 0.1) is 35.9 Å². The van der Waals surface area contributed by atoms with Crippen LogP contribution in [0.4, 0.5) is 11.4 Å². The van der Waals surface area contributed by atoms with E-state index >= 15 is 0 Å². The minimum absolute atomic E-state index is 0.217. The molecule has 27 heavy (non-hydrogen) atoms. The lowest BCUT2D eigenvalue weighted by Crippen LogP contribution is -2.37. The standard InChI is InChI=1S/C18H17N3O5S/c1-26-18(23)13-7-9-15(10-8-13)21(27(2,24)25)12-17(22)20-16-6-4-3-5-14(16)11-19/h3-10H,12H2,1-2H3,(H,20,22). The molecule has 0 saturated carbocycles. The molecule has 0 unspecified atom stereocenters. The third-order valence-corrected chi connectivity index (χ3v) is 4.73. The monoisotopic (exact) mass is 387 g/mol. The molecule has 0 radical (unpaired) electrons. The highest BCUT2D eigenvalue weighted by molar-refractivity contribution is 7.92. The Morgan fingerprint density at radius 3 is 2.33 bits per heavy atom. The Hall–Kier alpha value is -3.38. The van der Waals surface area contributed by atoms with Crippen LogP contribution in [0.3, 0.4) is 0 Å². The van der Waals surface area contributed by atoms with Crippen LogP contribution in [0.1, 0.15) is 15.9 Å². The average molecular weight is 387 g/mol. The number of nitrogens with one attached hydrogen (secondary N) is 1. The van der Waals surface area contributed by atoms with Gasteiger partial charge in [0.15, 0.2) is 0 Å². The molecule has 0 atom stereocenters. The first-order chi connectivity index (χ1) is 12.8. The fourth-order valence-electron chi connectivity index (χ4n) is 2.29. The number of rotatable bonds is 6. The van der Waals surface area contributed by atoms with E-state index < -0.39 is 28.4 Å². The zero-order chi connectivity index (χ0) is 20.0. The Bertz CT molecular complexity index is 994. The van der Waals surface area contributed by atoms with Crippen molar-refractivity contribution in [1.82, 2.24) is 0 Å². The number of hydrogen-bond donors (Lipinski definition) is 1. The molecule has 0 saturated heterocycles. The van der Waals surface area contributed by atoms with Crippen molar-refractivity contribution in [3.63, 3.8) is 0 Å². The molecule has 2 aromatic rings. The lowest BCUT2D eigenvalue weighted by atomic mass is 10.2. The van der Waals surface area contributed by atoms with Gasteiger partial charge >= 0.3 is 5.97 Å². The summed E-state index contributed by atoms with van der Waals surface area (Å²) in [4.78, 5) is 23.8. The smallest absolute Gasteiger partial charge is 0.337 e. The first-order valence-corrected chi connectivity index (χ1v) is 9.56. The highest BCUT2D eigenvalue weighted by Gasteiger charge is 2.21. The van der Waals surface area contributed by atoms with Gasteiger partial charge < -0.3 is 10.1 Å². The van der Waals surface area contributed by atoms with Crippen molar-refractivity contribution >= 4 is 33.3 Å². The molecule has 140 valence electrons. The number of nitriles is 1. The number of carbonyl (C=O) groups is 2. The summed E-state index contributed by atoms with van der Waals surface area (Å²) in [5.74, 6) is -1.17. The summed E-state index contributed by atoms with van der Waals surface area (Å²) < 4.78 is 29.7. The van der Waals surface area contributed by atoms with Crippen LogP contribution in [-0.4, -0.2) is 40.2 Å². The van der Waals surface area contributed by atoms with Crippen molar-refractivity contribution in [3.05, 3.63) is 59.7 Å². The van der Waals surface area contributed by atoms with Crippen LogP contribution in [0.5, 0.6) is 0 Å². The third-order valence-electron chi connectivity index (χ3n) is 3.59. The molecule has 9 heteroatoms. The van der Waals surface area contributed by atoms with E-state index in [9.17, 15) is 18.0 Å². The first-order valence-electron chi connectivity index (χ1n) is 7.71. The molecule has 0 aromatic heterocycles. The second kappa shape index (κ2) is 8.33. The van der Waals surface area contributed by atoms with Crippen LogP contribution < -0.4 is 9.62 Å². The molecule has 2 aromatic carbocycles. The Morgan fingerprint density at radius 1 is 1.15 bits per heavy atom. The second-order valence-corrected chi connectivity index (χ2v) is 7.42. The van der Waals surface area contributed by atoms with E-state index in [1.165, 1.54) is 37.4 Å². The number of esters is 1. The minimum Gasteiger partial charge on any atom is -0.465 e. The van der Waals surface area contributed by atoms with E-state index in [0.717, 1.165) is 10.6 Å². The van der Waals surface area contributed by atoms with Crippen molar-refractivity contribution in [2.24, 2.45) is 0 Å². The maximum absolute atomic E-state index is 12.3. The summed E-state index contributed by atoms with van der Waals surface area (Å²) in [7, 11) is -2.53. The number of para-hydroxylation sites is 1. The zero-order valence-electron chi connectivity index (χ0n) is 14.7. The highest BCUT2D eigenvalue weighted by Crippen LogP contribution is 2.19. The molecule has 0 bridgehead atoms. The van der Waals surface area contributed by atoms with Gasteiger partial charge in [-0.25, -0.2) is 13.2 Å². The number of carbonyl (C=O) groups excluding carboxylic acids is 2. The summed E-state index contributed by atoms with van der Waals surface area (Å²) in [5, 5.41) is 11.6. The summed E-state index contributed by atoms with van der Waals surface area (Å²) in [5.41, 5.74) is 1.02. The van der Waals surface area contributed by atoms with Gasteiger partial charge in [-0.15, -0.1) is 0 Å². The second-order valence-electron chi connectivity index (χ2n) is 5.51. The molecule has 2 rings (SSSR count). The van der Waals surface area contributed by atoms with E-state index in [0.29, 0.717) is 5.69 Å². The van der Waals surface area contributed by atoms with Crippen LogP contribution in [-0.2, 0) is 19.6 Å². The molecule has 0 fully saturated rings. The number of ether oxygens (including phenoxy) is 1. The van der Waals surface area contributed by atoms with Gasteiger partial charge in [-0.05, 0) is 36.4 Å². The molecule has 8 nitrogen and oxygen atoms in total. The summed E-state index contributed by atoms with van der Waals surface area (Å²) >= 11 is 0. The molecular weight excluding hydrogens is 370 g/mol. The van der Waals surface area contributed by atoms with E-state index in [4.69, 9.17) is 5.26 Å². The Balaban J connectivity index is 2.24. The zero-order valence-corrected chi connectivity index (χ0v) is 15.5. The van der Waals surface area contributed by atoms with E-state index in [1.54, 1.807) is 18.2 Å². The average Bonchev–Trinajstić information content (AvgIpc) is 2.65. The van der Waals surface area contributed by atoms with Crippen molar-refractivity contribution in [1.29, 1.82) is 5.26 Å². The first kappa shape index (κ1) is 19.9. The SMILES string of the molecule is COC(=O)c1ccc(N(CC(=O)Nc2ccccc2C#N)S(C)(=O)=O)cc1. The number of benzene rings is 2. The lowest BCUT2D eigenvalue weighted by Gasteiger charge is -2.22. The summed E-state index contributed by atoms with van der Waals surface area (Å²) in [6.45, 7) is -0.490. The predicted octanol–water partition coefficient (Wildman–Crippen LogP) is 1.75. The van der Waals surface area contributed by atoms with E-state index in [1.807, 2.05) is 6.07 Å². The molecule has 0 heterocycles. The lowest BCUT2D eigenvalue weighted by molar-refractivity contribution is -0.114. The Morgan fingerprint density at radius 2 is 1.78 bits per heavy atom. The van der Waals surface area contributed by atoms with Gasteiger partial charge in [0, 0.05) is 0 Å². The topological polar surface area (TPSA) is 117 Å². The number of hydrogen-bond acceptors (Lipinski definition) is 6. The normalized spacial score (nSPS) is 10.6. The summed E-state index contributed by atoms with van der Waals surface area (Å²) in [6, 6.07) is 14.0. The third kappa shape index (κ3) is 5.05. The maximum atomic E-state index is 12.3. The van der Waals surface area contributed by atoms with Crippen molar-refractivity contribution in [2.75, 3.05) is 29.5 Å². The quantitative estimate of drug-likeness (QED) is 0.755. The van der Waals surface area contributed by atoms with Crippen LogP contribution in [0, 0.1) is 11.3 Å². The molecule has 0 aliphatic carbocycles. The van der Waals surface area contributed by atoms with E-state index in [2.05, 4.69) is 10.1 Å². The van der Waals surface area contributed by atoms with Crippen LogP contribution in [0.15, 0.2) is 48.5 Å². The van der Waals surface area contributed by atoms with Gasteiger partial charge in [-0.1, -0.05) is 12.1 Å².